The van der Waals surface area contributed by atoms with Crippen LogP contribution < -0.4 is 5.32 Å². The van der Waals surface area contributed by atoms with Crippen molar-refractivity contribution in [1.29, 1.82) is 0 Å². The minimum Gasteiger partial charge on any atom is -0.349 e. The highest BCUT2D eigenvalue weighted by Crippen LogP contribution is 2.12. The second-order valence-electron chi connectivity index (χ2n) is 5.11. The molecule has 0 aromatic rings. The fourth-order valence-corrected chi connectivity index (χ4v) is 2.34. The van der Waals surface area contributed by atoms with Gasteiger partial charge in [-0.15, -0.1) is 0 Å². The van der Waals surface area contributed by atoms with E-state index in [4.69, 9.17) is 0 Å². The highest BCUT2D eigenvalue weighted by Gasteiger charge is 2.25. The topological polar surface area (TPSA) is 35.6 Å². The van der Waals surface area contributed by atoms with Crippen molar-refractivity contribution < 1.29 is 4.79 Å². The van der Waals surface area contributed by atoms with Crippen LogP contribution in [-0.2, 0) is 4.79 Å². The number of rotatable bonds is 5. The molecule has 1 N–H and O–H groups in total. The summed E-state index contributed by atoms with van der Waals surface area (Å²) >= 11 is 0. The summed E-state index contributed by atoms with van der Waals surface area (Å²) in [6.45, 7) is 7.47. The summed E-state index contributed by atoms with van der Waals surface area (Å²) in [5.74, 6) is 0.228. The first-order valence-electron chi connectivity index (χ1n) is 6.76. The first-order chi connectivity index (χ1) is 8.08. The first-order valence-corrected chi connectivity index (χ1v) is 6.76. The molecule has 2 unspecified atom stereocenters. The zero-order valence-corrected chi connectivity index (χ0v) is 11.7. The number of hydrogen-bond acceptors (Lipinski definition) is 3. The number of amides is 1. The van der Waals surface area contributed by atoms with Gasteiger partial charge in [0.1, 0.15) is 0 Å². The Labute approximate surface area is 105 Å². The van der Waals surface area contributed by atoms with E-state index in [1.807, 2.05) is 14.1 Å². The quantitative estimate of drug-likeness (QED) is 0.778. The maximum Gasteiger partial charge on any atom is 0.223 e. The van der Waals surface area contributed by atoms with Gasteiger partial charge in [0.2, 0.25) is 5.91 Å². The van der Waals surface area contributed by atoms with Crippen LogP contribution in [-0.4, -0.2) is 61.5 Å². The van der Waals surface area contributed by atoms with E-state index >= 15 is 0 Å². The Morgan fingerprint density at radius 1 is 1.35 bits per heavy atom. The van der Waals surface area contributed by atoms with Gasteiger partial charge in [-0.3, -0.25) is 9.69 Å². The fourth-order valence-electron chi connectivity index (χ4n) is 2.34. The highest BCUT2D eigenvalue weighted by molar-refractivity contribution is 5.75. The number of hydrogen-bond donors (Lipinski definition) is 1. The van der Waals surface area contributed by atoms with E-state index in [0.717, 1.165) is 32.5 Å². The average Bonchev–Trinajstić information content (AvgIpc) is 2.35. The molecule has 17 heavy (non-hydrogen) atoms. The summed E-state index contributed by atoms with van der Waals surface area (Å²) in [4.78, 5) is 15.8. The predicted molar refractivity (Wildman–Crippen MR) is 71.0 cm³/mol. The summed E-state index contributed by atoms with van der Waals surface area (Å²) in [6.07, 6.45) is 2.95. The van der Waals surface area contributed by atoms with E-state index in [0.29, 0.717) is 18.5 Å². The molecule has 0 aliphatic carbocycles. The van der Waals surface area contributed by atoms with Crippen molar-refractivity contribution >= 4 is 5.91 Å². The molecule has 1 fully saturated rings. The maximum absolute atomic E-state index is 11.6. The zero-order valence-electron chi connectivity index (χ0n) is 11.7. The molecule has 2 atom stereocenters. The van der Waals surface area contributed by atoms with Crippen LogP contribution in [0.4, 0.5) is 0 Å². The predicted octanol–water partition coefficient (Wildman–Crippen LogP) is 0.927. The van der Waals surface area contributed by atoms with Crippen LogP contribution in [0.15, 0.2) is 0 Å². The Balaban J connectivity index is 2.44. The SMILES string of the molecule is CCC1CN(CCC(=O)N(C)C)C(CC)CN1. The minimum absolute atomic E-state index is 0.228. The van der Waals surface area contributed by atoms with Gasteiger partial charge < -0.3 is 10.2 Å². The Hall–Kier alpha value is -0.610. The zero-order chi connectivity index (χ0) is 12.8. The molecule has 0 saturated carbocycles. The molecule has 1 rings (SSSR count). The lowest BCUT2D eigenvalue weighted by Crippen LogP contribution is -2.56. The molecule has 1 aliphatic heterocycles. The molecule has 4 heteroatoms. The molecule has 0 aromatic carbocycles. The van der Waals surface area contributed by atoms with Crippen molar-refractivity contribution in [2.75, 3.05) is 33.7 Å². The van der Waals surface area contributed by atoms with E-state index in [1.165, 1.54) is 0 Å². The Bertz CT molecular complexity index is 243. The second kappa shape index (κ2) is 6.97. The van der Waals surface area contributed by atoms with Crippen molar-refractivity contribution in [3.05, 3.63) is 0 Å². The smallest absolute Gasteiger partial charge is 0.223 e. The molecule has 100 valence electrons. The third-order valence-electron chi connectivity index (χ3n) is 3.69. The Morgan fingerprint density at radius 3 is 2.59 bits per heavy atom. The number of piperazine rings is 1. The Morgan fingerprint density at radius 2 is 2.06 bits per heavy atom. The summed E-state index contributed by atoms with van der Waals surface area (Å²) in [5.41, 5.74) is 0. The summed E-state index contributed by atoms with van der Waals surface area (Å²) in [6, 6.07) is 1.18. The molecule has 1 amide bonds. The summed E-state index contributed by atoms with van der Waals surface area (Å²) < 4.78 is 0. The number of nitrogens with one attached hydrogen (secondary N) is 1. The van der Waals surface area contributed by atoms with E-state index in [1.54, 1.807) is 4.90 Å². The van der Waals surface area contributed by atoms with Crippen LogP contribution in [0, 0.1) is 0 Å². The lowest BCUT2D eigenvalue weighted by molar-refractivity contribution is -0.129. The average molecular weight is 241 g/mol. The third kappa shape index (κ3) is 4.28. The maximum atomic E-state index is 11.6. The molecule has 1 heterocycles. The van der Waals surface area contributed by atoms with Gasteiger partial charge >= 0.3 is 0 Å². The van der Waals surface area contributed by atoms with Crippen LogP contribution in [0.1, 0.15) is 33.1 Å². The van der Waals surface area contributed by atoms with Crippen LogP contribution in [0.5, 0.6) is 0 Å². The van der Waals surface area contributed by atoms with Gasteiger partial charge in [0.15, 0.2) is 0 Å². The van der Waals surface area contributed by atoms with E-state index in [2.05, 4.69) is 24.1 Å². The molecular formula is C13H27N3O. The van der Waals surface area contributed by atoms with Gasteiger partial charge in [-0.2, -0.15) is 0 Å². The molecule has 4 nitrogen and oxygen atoms in total. The van der Waals surface area contributed by atoms with E-state index in [9.17, 15) is 4.79 Å². The monoisotopic (exact) mass is 241 g/mol. The molecule has 0 bridgehead atoms. The molecular weight excluding hydrogens is 214 g/mol. The normalized spacial score (nSPS) is 25.9. The third-order valence-corrected chi connectivity index (χ3v) is 3.69. The lowest BCUT2D eigenvalue weighted by atomic mass is 10.0. The molecule has 1 saturated heterocycles. The summed E-state index contributed by atoms with van der Waals surface area (Å²) in [7, 11) is 3.65. The highest BCUT2D eigenvalue weighted by atomic mass is 16.2. The van der Waals surface area contributed by atoms with Gasteiger partial charge in [0.05, 0.1) is 0 Å². The standard InChI is InChI=1S/C13H27N3O/c1-5-11-10-16(12(6-2)9-14-11)8-7-13(17)15(3)4/h11-12,14H,5-10H2,1-4H3. The van der Waals surface area contributed by atoms with Crippen molar-refractivity contribution in [3.8, 4) is 0 Å². The van der Waals surface area contributed by atoms with Gasteiger partial charge in [-0.05, 0) is 12.8 Å². The minimum atomic E-state index is 0.228. The number of carbonyl (C=O) groups excluding carboxylic acids is 1. The van der Waals surface area contributed by atoms with Crippen molar-refractivity contribution in [3.63, 3.8) is 0 Å². The Kier molecular flexibility index (Phi) is 5.92. The van der Waals surface area contributed by atoms with E-state index in [-0.39, 0.29) is 5.91 Å². The number of nitrogens with zero attached hydrogens (tertiary/aromatic N) is 2. The number of carbonyl (C=O) groups is 1. The lowest BCUT2D eigenvalue weighted by Gasteiger charge is -2.40. The van der Waals surface area contributed by atoms with Crippen molar-refractivity contribution in [1.82, 2.24) is 15.1 Å². The van der Waals surface area contributed by atoms with Crippen LogP contribution in [0.25, 0.3) is 0 Å². The van der Waals surface area contributed by atoms with Crippen molar-refractivity contribution in [2.45, 2.75) is 45.2 Å². The molecule has 0 spiro atoms. The van der Waals surface area contributed by atoms with Crippen LogP contribution in [0.2, 0.25) is 0 Å². The van der Waals surface area contributed by atoms with Gasteiger partial charge in [0.25, 0.3) is 0 Å². The van der Waals surface area contributed by atoms with Gasteiger partial charge in [-0.25, -0.2) is 0 Å². The van der Waals surface area contributed by atoms with Gasteiger partial charge in [0, 0.05) is 52.2 Å². The van der Waals surface area contributed by atoms with Crippen LogP contribution >= 0.6 is 0 Å². The summed E-state index contributed by atoms with van der Waals surface area (Å²) in [5, 5.41) is 3.57. The van der Waals surface area contributed by atoms with Crippen molar-refractivity contribution in [2.24, 2.45) is 0 Å². The van der Waals surface area contributed by atoms with Crippen LogP contribution in [0.3, 0.4) is 0 Å². The largest absolute Gasteiger partial charge is 0.349 e. The fraction of sp³-hybridized carbons (Fsp3) is 0.923. The molecule has 1 aliphatic rings. The first kappa shape index (κ1) is 14.5. The second-order valence-corrected chi connectivity index (χ2v) is 5.11. The molecule has 0 aromatic heterocycles. The van der Waals surface area contributed by atoms with Gasteiger partial charge in [-0.1, -0.05) is 13.8 Å². The molecule has 0 radical (unpaired) electrons. The van der Waals surface area contributed by atoms with E-state index < -0.39 is 0 Å².